The summed E-state index contributed by atoms with van der Waals surface area (Å²) in [4.78, 5) is 7.06. The van der Waals surface area contributed by atoms with E-state index in [1.807, 2.05) is 18.3 Å². The lowest BCUT2D eigenvalue weighted by Gasteiger charge is -2.23. The van der Waals surface area contributed by atoms with Gasteiger partial charge in [-0.3, -0.25) is 0 Å². The van der Waals surface area contributed by atoms with Crippen molar-refractivity contribution in [2.24, 2.45) is 0 Å². The van der Waals surface area contributed by atoms with Gasteiger partial charge in [0.1, 0.15) is 11.5 Å². The molecule has 1 aliphatic heterocycles. The lowest BCUT2D eigenvalue weighted by atomic mass is 10.0. The molecular formula is C21H22FN3. The Morgan fingerprint density at radius 2 is 2.00 bits per heavy atom. The second-order valence-corrected chi connectivity index (χ2v) is 6.99. The zero-order chi connectivity index (χ0) is 17.6. The Bertz CT molecular complexity index is 967. The van der Waals surface area contributed by atoms with Crippen LogP contribution < -0.4 is 0 Å². The van der Waals surface area contributed by atoms with Gasteiger partial charge in [-0.2, -0.15) is 0 Å². The third-order valence-electron chi connectivity index (χ3n) is 4.98. The fourth-order valence-corrected chi connectivity index (χ4v) is 3.62. The fraction of sp³-hybridized carbons (Fsp3) is 0.286. The Balaban J connectivity index is 1.89. The van der Waals surface area contributed by atoms with Crippen molar-refractivity contribution in [1.29, 1.82) is 0 Å². The third-order valence-corrected chi connectivity index (χ3v) is 4.98. The number of nitrogens with zero attached hydrogens (tertiary/aromatic N) is 3. The number of likely N-dealkylation sites (N-methyl/N-ethyl adjacent to an activating group) is 1. The van der Waals surface area contributed by atoms with Crippen LogP contribution in [0.4, 0.5) is 4.39 Å². The van der Waals surface area contributed by atoms with Crippen molar-refractivity contribution in [3.05, 3.63) is 64.7 Å². The maximum absolute atomic E-state index is 13.2. The van der Waals surface area contributed by atoms with Crippen molar-refractivity contribution in [2.75, 3.05) is 13.6 Å². The summed E-state index contributed by atoms with van der Waals surface area (Å²) in [6.45, 7) is 6.15. The summed E-state index contributed by atoms with van der Waals surface area (Å²) in [7, 11) is 2.16. The number of benzene rings is 1. The van der Waals surface area contributed by atoms with Crippen molar-refractivity contribution in [1.82, 2.24) is 14.5 Å². The van der Waals surface area contributed by atoms with E-state index in [2.05, 4.69) is 42.6 Å². The summed E-state index contributed by atoms with van der Waals surface area (Å²) in [5.74, 6) is -0.208. The molecule has 0 amide bonds. The van der Waals surface area contributed by atoms with E-state index >= 15 is 0 Å². The SMILES string of the molecule is CC(=Cn1c2c(c3cc(C)cnc31)CN(C)CC2)c1ccc(F)cc1. The van der Waals surface area contributed by atoms with Crippen LogP contribution in [-0.4, -0.2) is 28.0 Å². The maximum atomic E-state index is 13.2. The van der Waals surface area contributed by atoms with Gasteiger partial charge in [0.05, 0.1) is 0 Å². The monoisotopic (exact) mass is 335 g/mol. The molecule has 2 aromatic heterocycles. The normalized spacial score (nSPS) is 15.6. The van der Waals surface area contributed by atoms with Crippen LogP contribution in [0, 0.1) is 12.7 Å². The van der Waals surface area contributed by atoms with E-state index in [1.165, 1.54) is 34.3 Å². The fourth-order valence-electron chi connectivity index (χ4n) is 3.62. The first-order chi connectivity index (χ1) is 12.0. The molecule has 1 aliphatic rings. The molecule has 3 heterocycles. The zero-order valence-electron chi connectivity index (χ0n) is 14.9. The van der Waals surface area contributed by atoms with Crippen LogP contribution in [0.3, 0.4) is 0 Å². The van der Waals surface area contributed by atoms with Gasteiger partial charge in [0, 0.05) is 43.0 Å². The van der Waals surface area contributed by atoms with E-state index in [9.17, 15) is 4.39 Å². The number of allylic oxidation sites excluding steroid dienone is 1. The summed E-state index contributed by atoms with van der Waals surface area (Å²) >= 11 is 0. The zero-order valence-corrected chi connectivity index (χ0v) is 14.9. The second kappa shape index (κ2) is 6.12. The van der Waals surface area contributed by atoms with Gasteiger partial charge in [0.25, 0.3) is 0 Å². The highest BCUT2D eigenvalue weighted by Crippen LogP contribution is 2.31. The molecular weight excluding hydrogens is 313 g/mol. The molecule has 0 saturated carbocycles. The van der Waals surface area contributed by atoms with Crippen LogP contribution >= 0.6 is 0 Å². The van der Waals surface area contributed by atoms with Crippen LogP contribution in [0.1, 0.15) is 29.3 Å². The number of hydrogen-bond acceptors (Lipinski definition) is 2. The molecule has 0 atom stereocenters. The molecule has 0 saturated heterocycles. The summed E-state index contributed by atoms with van der Waals surface area (Å²) in [5.41, 5.74) is 7.03. The number of aryl methyl sites for hydroxylation is 1. The average Bonchev–Trinajstić information content (AvgIpc) is 2.88. The van der Waals surface area contributed by atoms with Gasteiger partial charge in [-0.1, -0.05) is 12.1 Å². The molecule has 128 valence electrons. The number of pyridine rings is 1. The molecule has 0 fully saturated rings. The van der Waals surface area contributed by atoms with E-state index in [4.69, 9.17) is 4.98 Å². The Labute approximate surface area is 147 Å². The predicted molar refractivity (Wildman–Crippen MR) is 101 cm³/mol. The molecule has 0 radical (unpaired) electrons. The molecule has 1 aromatic carbocycles. The van der Waals surface area contributed by atoms with E-state index in [1.54, 1.807) is 0 Å². The minimum atomic E-state index is -0.208. The van der Waals surface area contributed by atoms with Gasteiger partial charge in [0.15, 0.2) is 0 Å². The smallest absolute Gasteiger partial charge is 0.144 e. The minimum absolute atomic E-state index is 0.208. The van der Waals surface area contributed by atoms with Crippen LogP contribution in [-0.2, 0) is 13.0 Å². The summed E-state index contributed by atoms with van der Waals surface area (Å²) < 4.78 is 15.4. The van der Waals surface area contributed by atoms with Gasteiger partial charge in [-0.05, 0) is 61.4 Å². The van der Waals surface area contributed by atoms with Crippen molar-refractivity contribution in [3.8, 4) is 0 Å². The number of halogens is 1. The summed E-state index contributed by atoms with van der Waals surface area (Å²) in [5, 5.41) is 1.24. The first-order valence-corrected chi connectivity index (χ1v) is 8.64. The van der Waals surface area contributed by atoms with E-state index in [-0.39, 0.29) is 5.82 Å². The van der Waals surface area contributed by atoms with Gasteiger partial charge in [-0.15, -0.1) is 0 Å². The van der Waals surface area contributed by atoms with Gasteiger partial charge >= 0.3 is 0 Å². The Hall–Kier alpha value is -2.46. The lowest BCUT2D eigenvalue weighted by molar-refractivity contribution is 0.312. The molecule has 25 heavy (non-hydrogen) atoms. The molecule has 0 N–H and O–H groups in total. The van der Waals surface area contributed by atoms with Crippen LogP contribution in [0.5, 0.6) is 0 Å². The molecule has 3 nitrogen and oxygen atoms in total. The highest BCUT2D eigenvalue weighted by Gasteiger charge is 2.22. The van der Waals surface area contributed by atoms with E-state index < -0.39 is 0 Å². The number of aromatic nitrogens is 2. The molecule has 3 aromatic rings. The quantitative estimate of drug-likeness (QED) is 0.688. The van der Waals surface area contributed by atoms with Crippen LogP contribution in [0.2, 0.25) is 0 Å². The maximum Gasteiger partial charge on any atom is 0.144 e. The molecule has 4 rings (SSSR count). The Morgan fingerprint density at radius 3 is 2.76 bits per heavy atom. The largest absolute Gasteiger partial charge is 0.304 e. The average molecular weight is 335 g/mol. The topological polar surface area (TPSA) is 21.1 Å². The molecule has 0 spiro atoms. The Morgan fingerprint density at radius 1 is 1.24 bits per heavy atom. The first-order valence-electron chi connectivity index (χ1n) is 8.64. The summed E-state index contributed by atoms with van der Waals surface area (Å²) in [6.07, 6.45) is 5.07. The second-order valence-electron chi connectivity index (χ2n) is 6.99. The molecule has 0 unspecified atom stereocenters. The van der Waals surface area contributed by atoms with Crippen molar-refractivity contribution >= 4 is 22.8 Å². The van der Waals surface area contributed by atoms with Crippen molar-refractivity contribution < 1.29 is 4.39 Å². The van der Waals surface area contributed by atoms with E-state index in [0.29, 0.717) is 0 Å². The van der Waals surface area contributed by atoms with Crippen LogP contribution in [0.25, 0.3) is 22.8 Å². The van der Waals surface area contributed by atoms with Gasteiger partial charge in [-0.25, -0.2) is 9.37 Å². The van der Waals surface area contributed by atoms with Crippen LogP contribution in [0.15, 0.2) is 36.5 Å². The number of hydrogen-bond donors (Lipinski definition) is 0. The lowest BCUT2D eigenvalue weighted by Crippen LogP contribution is -2.26. The van der Waals surface area contributed by atoms with Gasteiger partial charge < -0.3 is 9.47 Å². The molecule has 0 aliphatic carbocycles. The molecule has 0 bridgehead atoms. The Kier molecular flexibility index (Phi) is 3.92. The van der Waals surface area contributed by atoms with Gasteiger partial charge in [0.2, 0.25) is 0 Å². The highest BCUT2D eigenvalue weighted by atomic mass is 19.1. The minimum Gasteiger partial charge on any atom is -0.304 e. The molecule has 4 heteroatoms. The van der Waals surface area contributed by atoms with Crippen molar-refractivity contribution in [2.45, 2.75) is 26.8 Å². The predicted octanol–water partition coefficient (Wildman–Crippen LogP) is 4.49. The highest BCUT2D eigenvalue weighted by molar-refractivity contribution is 5.87. The van der Waals surface area contributed by atoms with Crippen molar-refractivity contribution in [3.63, 3.8) is 0 Å². The number of fused-ring (bicyclic) bond motifs is 3. The standard InChI is InChI=1S/C21H22FN3/c1-14-10-18-19-13-24(3)9-8-20(19)25(21(18)23-11-14)12-15(2)16-4-6-17(22)7-5-16/h4-7,10-12H,8-9,13H2,1-3H3. The first kappa shape index (κ1) is 16.0. The summed E-state index contributed by atoms with van der Waals surface area (Å²) in [6, 6.07) is 8.90. The van der Waals surface area contributed by atoms with E-state index in [0.717, 1.165) is 36.3 Å². The number of rotatable bonds is 2. The third kappa shape index (κ3) is 2.87.